The molecule has 0 amide bonds. The van der Waals surface area contributed by atoms with E-state index in [2.05, 4.69) is 21.1 Å². The highest BCUT2D eigenvalue weighted by molar-refractivity contribution is 5.81. The minimum Gasteiger partial charge on any atom is -0.462 e. The molecule has 0 aliphatic rings. The molecule has 0 saturated carbocycles. The molecule has 0 atom stereocenters. The maximum Gasteiger partial charge on any atom is 0.330 e. The maximum atomic E-state index is 10.4. The molecule has 4 heteroatoms. The van der Waals surface area contributed by atoms with E-state index in [0.29, 0.717) is 19.6 Å². The Labute approximate surface area is 65.7 Å². The molecule has 0 unspecified atom stereocenters. The Morgan fingerprint density at radius 2 is 2.27 bits per heavy atom. The Hall–Kier alpha value is -0.870. The summed E-state index contributed by atoms with van der Waals surface area (Å²) in [5.41, 5.74) is 0. The molecule has 0 N–H and O–H groups in total. The van der Waals surface area contributed by atoms with Crippen molar-refractivity contribution in [2.45, 2.75) is 6.42 Å². The molecular weight excluding hydrogens is 148 g/mol. The van der Waals surface area contributed by atoms with Crippen LogP contribution in [0.2, 0.25) is 0 Å². The summed E-state index contributed by atoms with van der Waals surface area (Å²) < 4.78 is 4.65. The summed E-state index contributed by atoms with van der Waals surface area (Å²) in [4.78, 5) is 19.3. The molecule has 11 heavy (non-hydrogen) atoms. The fourth-order valence-corrected chi connectivity index (χ4v) is 0.433. The lowest BCUT2D eigenvalue weighted by atomic mass is 10.5. The smallest absolute Gasteiger partial charge is 0.330 e. The van der Waals surface area contributed by atoms with Gasteiger partial charge in [0.15, 0.2) is 0 Å². The number of carbonyl (C=O) groups is 1. The van der Waals surface area contributed by atoms with Crippen LogP contribution in [0.5, 0.6) is 0 Å². The second kappa shape index (κ2) is 7.24. The zero-order chi connectivity index (χ0) is 8.53. The quantitative estimate of drug-likeness (QED) is 0.188. The average molecular weight is 160 g/mol. The van der Waals surface area contributed by atoms with E-state index < -0.39 is 5.97 Å². The summed E-state index contributed by atoms with van der Waals surface area (Å²) in [5.74, 6) is -0.414. The lowest BCUT2D eigenvalue weighted by Gasteiger charge is -2.00. The standard InChI is InChI=1S/C7H12O4/c1-3-7(8)10-5-4-6-11-9-2/h3H,1,4-6H2,2H3. The molecule has 0 aromatic heterocycles. The minimum atomic E-state index is -0.414. The predicted molar refractivity (Wildman–Crippen MR) is 38.7 cm³/mol. The van der Waals surface area contributed by atoms with Gasteiger partial charge in [-0.2, -0.15) is 0 Å². The van der Waals surface area contributed by atoms with Gasteiger partial charge in [-0.15, -0.1) is 0 Å². The van der Waals surface area contributed by atoms with Gasteiger partial charge in [0.1, 0.15) is 0 Å². The van der Waals surface area contributed by atoms with Crippen molar-refractivity contribution in [3.05, 3.63) is 12.7 Å². The number of carbonyl (C=O) groups excluding carboxylic acids is 1. The van der Waals surface area contributed by atoms with Gasteiger partial charge in [-0.3, -0.25) is 0 Å². The van der Waals surface area contributed by atoms with Gasteiger partial charge in [0.05, 0.1) is 20.3 Å². The second-order valence-corrected chi connectivity index (χ2v) is 1.71. The van der Waals surface area contributed by atoms with Gasteiger partial charge in [-0.05, 0) is 0 Å². The third-order valence-corrected chi connectivity index (χ3v) is 0.901. The van der Waals surface area contributed by atoms with Crippen LogP contribution in [0, 0.1) is 0 Å². The molecule has 0 heterocycles. The van der Waals surface area contributed by atoms with Crippen LogP contribution in [0.15, 0.2) is 12.7 Å². The summed E-state index contributed by atoms with van der Waals surface area (Å²) in [6.07, 6.45) is 1.74. The minimum absolute atomic E-state index is 0.328. The zero-order valence-electron chi connectivity index (χ0n) is 6.54. The third kappa shape index (κ3) is 7.02. The van der Waals surface area contributed by atoms with Crippen LogP contribution in [-0.4, -0.2) is 26.3 Å². The van der Waals surface area contributed by atoms with E-state index in [1.54, 1.807) is 0 Å². The molecular formula is C7H12O4. The molecule has 0 bridgehead atoms. The van der Waals surface area contributed by atoms with Crippen molar-refractivity contribution in [2.24, 2.45) is 0 Å². The molecule has 4 nitrogen and oxygen atoms in total. The molecule has 0 rings (SSSR count). The molecule has 0 spiro atoms. The number of hydrogen-bond acceptors (Lipinski definition) is 4. The van der Waals surface area contributed by atoms with E-state index in [-0.39, 0.29) is 0 Å². The summed E-state index contributed by atoms with van der Waals surface area (Å²) in [5, 5.41) is 0. The summed E-state index contributed by atoms with van der Waals surface area (Å²) >= 11 is 0. The molecule has 0 aliphatic heterocycles. The van der Waals surface area contributed by atoms with Crippen molar-refractivity contribution >= 4 is 5.97 Å². The second-order valence-electron chi connectivity index (χ2n) is 1.71. The van der Waals surface area contributed by atoms with Gasteiger partial charge in [0.2, 0.25) is 0 Å². The Morgan fingerprint density at radius 1 is 1.55 bits per heavy atom. The van der Waals surface area contributed by atoms with Gasteiger partial charge in [-0.1, -0.05) is 6.58 Å². The Bertz CT molecular complexity index is 122. The lowest BCUT2D eigenvalue weighted by Crippen LogP contribution is -2.04. The lowest BCUT2D eigenvalue weighted by molar-refractivity contribution is -0.273. The highest BCUT2D eigenvalue weighted by Gasteiger charge is 1.93. The Kier molecular flexibility index (Phi) is 6.67. The van der Waals surface area contributed by atoms with Crippen LogP contribution in [0.4, 0.5) is 0 Å². The first-order chi connectivity index (χ1) is 5.31. The first-order valence-corrected chi connectivity index (χ1v) is 3.26. The largest absolute Gasteiger partial charge is 0.462 e. The highest BCUT2D eigenvalue weighted by Crippen LogP contribution is 1.86. The van der Waals surface area contributed by atoms with E-state index in [0.717, 1.165) is 6.08 Å². The van der Waals surface area contributed by atoms with Crippen LogP contribution in [0.1, 0.15) is 6.42 Å². The number of hydrogen-bond donors (Lipinski definition) is 0. The summed E-state index contributed by atoms with van der Waals surface area (Å²) in [6.45, 7) is 3.99. The predicted octanol–water partition coefficient (Wildman–Crippen LogP) is 0.684. The molecule has 0 radical (unpaired) electrons. The zero-order valence-corrected chi connectivity index (χ0v) is 6.54. The molecule has 0 aliphatic carbocycles. The Balaban J connectivity index is 3.01. The first kappa shape index (κ1) is 10.1. The van der Waals surface area contributed by atoms with Crippen LogP contribution >= 0.6 is 0 Å². The van der Waals surface area contributed by atoms with Crippen molar-refractivity contribution in [3.63, 3.8) is 0 Å². The van der Waals surface area contributed by atoms with Crippen LogP contribution < -0.4 is 0 Å². The van der Waals surface area contributed by atoms with E-state index in [1.165, 1.54) is 7.11 Å². The SMILES string of the molecule is C=CC(=O)OCCCOOC. The Morgan fingerprint density at radius 3 is 2.82 bits per heavy atom. The fourth-order valence-electron chi connectivity index (χ4n) is 0.433. The topological polar surface area (TPSA) is 44.8 Å². The van der Waals surface area contributed by atoms with Crippen molar-refractivity contribution in [2.75, 3.05) is 20.3 Å². The van der Waals surface area contributed by atoms with Crippen molar-refractivity contribution in [3.8, 4) is 0 Å². The van der Waals surface area contributed by atoms with Gasteiger partial charge in [0, 0.05) is 12.5 Å². The molecule has 0 aromatic carbocycles. The van der Waals surface area contributed by atoms with Crippen molar-refractivity contribution in [1.29, 1.82) is 0 Å². The third-order valence-electron chi connectivity index (χ3n) is 0.901. The molecule has 64 valence electrons. The van der Waals surface area contributed by atoms with Gasteiger partial charge >= 0.3 is 5.97 Å². The number of rotatable bonds is 6. The molecule has 0 saturated heterocycles. The number of ether oxygens (including phenoxy) is 1. The molecule has 0 fully saturated rings. The van der Waals surface area contributed by atoms with Crippen LogP contribution in [-0.2, 0) is 19.3 Å². The van der Waals surface area contributed by atoms with Crippen LogP contribution in [0.25, 0.3) is 0 Å². The highest BCUT2D eigenvalue weighted by atomic mass is 17.2. The van der Waals surface area contributed by atoms with Crippen molar-refractivity contribution in [1.82, 2.24) is 0 Å². The summed E-state index contributed by atoms with van der Waals surface area (Å²) in [6, 6.07) is 0. The molecule has 0 aromatic rings. The monoisotopic (exact) mass is 160 g/mol. The van der Waals surface area contributed by atoms with Gasteiger partial charge < -0.3 is 4.74 Å². The number of esters is 1. The summed E-state index contributed by atoms with van der Waals surface area (Å²) in [7, 11) is 1.43. The normalized spacial score (nSPS) is 9.18. The average Bonchev–Trinajstić information content (AvgIpc) is 2.04. The van der Waals surface area contributed by atoms with Gasteiger partial charge in [-0.25, -0.2) is 14.6 Å². The van der Waals surface area contributed by atoms with E-state index in [9.17, 15) is 4.79 Å². The first-order valence-electron chi connectivity index (χ1n) is 3.26. The van der Waals surface area contributed by atoms with Gasteiger partial charge in [0.25, 0.3) is 0 Å². The maximum absolute atomic E-state index is 10.4. The van der Waals surface area contributed by atoms with E-state index >= 15 is 0 Å². The van der Waals surface area contributed by atoms with E-state index in [4.69, 9.17) is 0 Å². The van der Waals surface area contributed by atoms with Crippen LogP contribution in [0.3, 0.4) is 0 Å². The van der Waals surface area contributed by atoms with Crippen molar-refractivity contribution < 1.29 is 19.3 Å². The fraction of sp³-hybridized carbons (Fsp3) is 0.571. The van der Waals surface area contributed by atoms with E-state index in [1.807, 2.05) is 0 Å².